The summed E-state index contributed by atoms with van der Waals surface area (Å²) in [6.07, 6.45) is 0.911. The molecule has 1 unspecified atom stereocenters. The van der Waals surface area contributed by atoms with E-state index in [0.717, 1.165) is 11.9 Å². The Balaban J connectivity index is 2.28. The van der Waals surface area contributed by atoms with Crippen molar-refractivity contribution in [2.75, 3.05) is 0 Å². The Bertz CT molecular complexity index is 587. The first kappa shape index (κ1) is 13.6. The number of rotatable bonds is 4. The maximum Gasteiger partial charge on any atom is 0.251 e. The molecule has 0 aliphatic heterocycles. The number of nitrogens with one attached hydrogen (secondary N) is 1. The summed E-state index contributed by atoms with van der Waals surface area (Å²) in [5, 5.41) is 2.94. The molecule has 4 nitrogen and oxygen atoms in total. The first-order chi connectivity index (χ1) is 9.01. The molecule has 1 atom stereocenters. The second kappa shape index (κ2) is 5.43. The molecule has 4 heteroatoms. The molecule has 0 radical (unpaired) electrons. The SMILES string of the molecule is CCC(C)NC(=O)c1ccc2nc(C(C)C)oc2c1. The van der Waals surface area contributed by atoms with Gasteiger partial charge in [0, 0.05) is 17.5 Å². The molecular weight excluding hydrogens is 240 g/mol. The van der Waals surface area contributed by atoms with Crippen LogP contribution in [0.2, 0.25) is 0 Å². The number of fused-ring (bicyclic) bond motifs is 1. The highest BCUT2D eigenvalue weighted by Gasteiger charge is 2.13. The van der Waals surface area contributed by atoms with E-state index in [4.69, 9.17) is 4.42 Å². The van der Waals surface area contributed by atoms with Crippen LogP contribution < -0.4 is 5.32 Å². The van der Waals surface area contributed by atoms with Crippen molar-refractivity contribution in [3.05, 3.63) is 29.7 Å². The topological polar surface area (TPSA) is 55.1 Å². The molecule has 1 aromatic carbocycles. The maximum absolute atomic E-state index is 12.0. The zero-order chi connectivity index (χ0) is 14.0. The summed E-state index contributed by atoms with van der Waals surface area (Å²) in [7, 11) is 0. The lowest BCUT2D eigenvalue weighted by atomic mass is 10.1. The molecular formula is C15H20N2O2. The molecule has 0 bridgehead atoms. The standard InChI is InChI=1S/C15H20N2O2/c1-5-10(4)16-14(18)11-6-7-12-13(8-11)19-15(17-12)9(2)3/h6-10H,5H2,1-4H3,(H,16,18). The fourth-order valence-corrected chi connectivity index (χ4v) is 1.74. The van der Waals surface area contributed by atoms with E-state index in [1.165, 1.54) is 0 Å². The number of nitrogens with zero attached hydrogens (tertiary/aromatic N) is 1. The molecule has 0 aliphatic carbocycles. The summed E-state index contributed by atoms with van der Waals surface area (Å²) in [4.78, 5) is 16.4. The third-order valence-electron chi connectivity index (χ3n) is 3.15. The van der Waals surface area contributed by atoms with Gasteiger partial charge in [-0.25, -0.2) is 4.98 Å². The summed E-state index contributed by atoms with van der Waals surface area (Å²) in [6.45, 7) is 8.09. The van der Waals surface area contributed by atoms with E-state index >= 15 is 0 Å². The van der Waals surface area contributed by atoms with Crippen molar-refractivity contribution in [1.82, 2.24) is 10.3 Å². The highest BCUT2D eigenvalue weighted by molar-refractivity contribution is 5.97. The van der Waals surface area contributed by atoms with Crippen molar-refractivity contribution in [1.29, 1.82) is 0 Å². The molecule has 2 aromatic rings. The quantitative estimate of drug-likeness (QED) is 0.915. The minimum atomic E-state index is -0.0706. The van der Waals surface area contributed by atoms with Crippen LogP contribution in [0.15, 0.2) is 22.6 Å². The number of hydrogen-bond donors (Lipinski definition) is 1. The Morgan fingerprint density at radius 1 is 1.37 bits per heavy atom. The summed E-state index contributed by atoms with van der Waals surface area (Å²) < 4.78 is 5.66. The minimum Gasteiger partial charge on any atom is -0.440 e. The monoisotopic (exact) mass is 260 g/mol. The molecule has 0 aliphatic rings. The van der Waals surface area contributed by atoms with E-state index < -0.39 is 0 Å². The number of benzene rings is 1. The third-order valence-corrected chi connectivity index (χ3v) is 3.15. The predicted octanol–water partition coefficient (Wildman–Crippen LogP) is 3.48. The van der Waals surface area contributed by atoms with Gasteiger partial charge in [0.15, 0.2) is 11.5 Å². The second-order valence-corrected chi connectivity index (χ2v) is 5.17. The van der Waals surface area contributed by atoms with Crippen molar-refractivity contribution in [3.8, 4) is 0 Å². The Kier molecular flexibility index (Phi) is 3.88. The summed E-state index contributed by atoms with van der Waals surface area (Å²) in [5.74, 6) is 0.873. The molecule has 1 N–H and O–H groups in total. The van der Waals surface area contributed by atoms with Crippen LogP contribution in [0.5, 0.6) is 0 Å². The summed E-state index contributed by atoms with van der Waals surface area (Å²) in [6, 6.07) is 5.54. The van der Waals surface area contributed by atoms with Gasteiger partial charge in [-0.05, 0) is 31.5 Å². The number of carbonyl (C=O) groups is 1. The van der Waals surface area contributed by atoms with Crippen molar-refractivity contribution < 1.29 is 9.21 Å². The van der Waals surface area contributed by atoms with Crippen LogP contribution in [-0.4, -0.2) is 16.9 Å². The van der Waals surface area contributed by atoms with Crippen LogP contribution in [-0.2, 0) is 0 Å². The van der Waals surface area contributed by atoms with Crippen LogP contribution in [0.3, 0.4) is 0 Å². The zero-order valence-corrected chi connectivity index (χ0v) is 11.9. The van der Waals surface area contributed by atoms with Crippen LogP contribution in [0, 0.1) is 0 Å². The van der Waals surface area contributed by atoms with Gasteiger partial charge in [-0.1, -0.05) is 20.8 Å². The van der Waals surface area contributed by atoms with Crippen LogP contribution >= 0.6 is 0 Å². The summed E-state index contributed by atoms with van der Waals surface area (Å²) >= 11 is 0. The lowest BCUT2D eigenvalue weighted by Crippen LogP contribution is -2.31. The van der Waals surface area contributed by atoms with Gasteiger partial charge in [0.1, 0.15) is 5.52 Å². The molecule has 102 valence electrons. The predicted molar refractivity (Wildman–Crippen MR) is 75.3 cm³/mol. The molecule has 0 saturated heterocycles. The number of oxazole rings is 1. The second-order valence-electron chi connectivity index (χ2n) is 5.17. The van der Waals surface area contributed by atoms with E-state index in [2.05, 4.69) is 10.3 Å². The van der Waals surface area contributed by atoms with Gasteiger partial charge in [0.05, 0.1) is 0 Å². The first-order valence-corrected chi connectivity index (χ1v) is 6.72. The number of carbonyl (C=O) groups excluding carboxylic acids is 1. The molecule has 19 heavy (non-hydrogen) atoms. The number of aromatic nitrogens is 1. The molecule has 0 saturated carbocycles. The maximum atomic E-state index is 12.0. The van der Waals surface area contributed by atoms with E-state index in [-0.39, 0.29) is 17.9 Å². The van der Waals surface area contributed by atoms with Gasteiger partial charge in [0.25, 0.3) is 5.91 Å². The van der Waals surface area contributed by atoms with Crippen molar-refractivity contribution in [2.24, 2.45) is 0 Å². The zero-order valence-electron chi connectivity index (χ0n) is 11.9. The van der Waals surface area contributed by atoms with Crippen molar-refractivity contribution in [2.45, 2.75) is 46.1 Å². The summed E-state index contributed by atoms with van der Waals surface area (Å²) in [5.41, 5.74) is 2.07. The lowest BCUT2D eigenvalue weighted by molar-refractivity contribution is 0.0939. The minimum absolute atomic E-state index is 0.0706. The Morgan fingerprint density at radius 3 is 2.74 bits per heavy atom. The van der Waals surface area contributed by atoms with Crippen LogP contribution in [0.25, 0.3) is 11.1 Å². The fourth-order valence-electron chi connectivity index (χ4n) is 1.74. The van der Waals surface area contributed by atoms with Gasteiger partial charge in [-0.2, -0.15) is 0 Å². The Labute approximate surface area is 113 Å². The highest BCUT2D eigenvalue weighted by atomic mass is 16.3. The Hall–Kier alpha value is -1.84. The lowest BCUT2D eigenvalue weighted by Gasteiger charge is -2.10. The van der Waals surface area contributed by atoms with E-state index in [9.17, 15) is 4.79 Å². The van der Waals surface area contributed by atoms with Gasteiger partial charge in [-0.15, -0.1) is 0 Å². The largest absolute Gasteiger partial charge is 0.440 e. The first-order valence-electron chi connectivity index (χ1n) is 6.72. The van der Waals surface area contributed by atoms with E-state index in [1.54, 1.807) is 12.1 Å². The van der Waals surface area contributed by atoms with Crippen LogP contribution in [0.4, 0.5) is 0 Å². The average Bonchev–Trinajstić information content (AvgIpc) is 2.81. The van der Waals surface area contributed by atoms with Gasteiger partial charge < -0.3 is 9.73 Å². The Morgan fingerprint density at radius 2 is 2.11 bits per heavy atom. The van der Waals surface area contributed by atoms with Crippen molar-refractivity contribution >= 4 is 17.0 Å². The van der Waals surface area contributed by atoms with Crippen molar-refractivity contribution in [3.63, 3.8) is 0 Å². The molecule has 1 heterocycles. The smallest absolute Gasteiger partial charge is 0.251 e. The molecule has 1 aromatic heterocycles. The highest BCUT2D eigenvalue weighted by Crippen LogP contribution is 2.22. The van der Waals surface area contributed by atoms with E-state index in [0.29, 0.717) is 17.0 Å². The third kappa shape index (κ3) is 2.95. The molecule has 2 rings (SSSR count). The average molecular weight is 260 g/mol. The fraction of sp³-hybridized carbons (Fsp3) is 0.467. The van der Waals surface area contributed by atoms with Gasteiger partial charge in [0.2, 0.25) is 0 Å². The molecule has 0 fully saturated rings. The molecule has 1 amide bonds. The number of hydrogen-bond acceptors (Lipinski definition) is 3. The van der Waals surface area contributed by atoms with Gasteiger partial charge in [-0.3, -0.25) is 4.79 Å². The van der Waals surface area contributed by atoms with Gasteiger partial charge >= 0.3 is 0 Å². The normalized spacial score (nSPS) is 12.9. The number of amides is 1. The van der Waals surface area contributed by atoms with E-state index in [1.807, 2.05) is 33.8 Å². The molecule has 0 spiro atoms. The van der Waals surface area contributed by atoms with Crippen LogP contribution in [0.1, 0.15) is 56.3 Å².